The number of hydrogen-bond donors (Lipinski definition) is 2. The van der Waals surface area contributed by atoms with E-state index < -0.39 is 0 Å². The van der Waals surface area contributed by atoms with Crippen LogP contribution in [0, 0.1) is 0 Å². The highest BCUT2D eigenvalue weighted by atomic mass is 16.2. The maximum atomic E-state index is 11.9. The Bertz CT molecular complexity index is 379. The number of carbonyl (C=O) groups excluding carboxylic acids is 1. The Morgan fingerprint density at radius 1 is 1.59 bits per heavy atom. The molecule has 17 heavy (non-hydrogen) atoms. The SMILES string of the molecule is CC(C(=O)NC(C)(C)C)n1cc(CCN)nn1. The molecular formula is C11H21N5O. The van der Waals surface area contributed by atoms with E-state index in [2.05, 4.69) is 15.6 Å². The Morgan fingerprint density at radius 3 is 2.76 bits per heavy atom. The van der Waals surface area contributed by atoms with Crippen LogP contribution < -0.4 is 11.1 Å². The minimum absolute atomic E-state index is 0.0679. The minimum Gasteiger partial charge on any atom is -0.350 e. The van der Waals surface area contributed by atoms with Gasteiger partial charge in [-0.15, -0.1) is 5.10 Å². The highest BCUT2D eigenvalue weighted by Gasteiger charge is 2.21. The first-order valence-electron chi connectivity index (χ1n) is 5.76. The van der Waals surface area contributed by atoms with Gasteiger partial charge in [0.2, 0.25) is 5.91 Å². The van der Waals surface area contributed by atoms with E-state index in [9.17, 15) is 4.79 Å². The molecule has 6 nitrogen and oxygen atoms in total. The summed E-state index contributed by atoms with van der Waals surface area (Å²) in [6, 6.07) is -0.367. The number of nitrogens with one attached hydrogen (secondary N) is 1. The first-order chi connectivity index (χ1) is 7.83. The highest BCUT2D eigenvalue weighted by Crippen LogP contribution is 2.08. The molecule has 1 heterocycles. The van der Waals surface area contributed by atoms with Crippen LogP contribution in [0.3, 0.4) is 0 Å². The summed E-state index contributed by atoms with van der Waals surface area (Å²) in [5.41, 5.74) is 6.00. The lowest BCUT2D eigenvalue weighted by atomic mass is 10.1. The lowest BCUT2D eigenvalue weighted by Gasteiger charge is -2.23. The fourth-order valence-electron chi connectivity index (χ4n) is 1.36. The summed E-state index contributed by atoms with van der Waals surface area (Å²) in [6.45, 7) is 8.15. The Balaban J connectivity index is 2.68. The highest BCUT2D eigenvalue weighted by molar-refractivity contribution is 5.80. The van der Waals surface area contributed by atoms with E-state index in [0.29, 0.717) is 13.0 Å². The van der Waals surface area contributed by atoms with Gasteiger partial charge in [-0.3, -0.25) is 4.79 Å². The molecule has 96 valence electrons. The zero-order chi connectivity index (χ0) is 13.1. The molecule has 0 saturated heterocycles. The van der Waals surface area contributed by atoms with Crippen molar-refractivity contribution in [3.63, 3.8) is 0 Å². The summed E-state index contributed by atoms with van der Waals surface area (Å²) in [6.07, 6.45) is 2.44. The predicted octanol–water partition coefficient (Wildman–Crippen LogP) is 0.255. The number of rotatable bonds is 4. The van der Waals surface area contributed by atoms with E-state index >= 15 is 0 Å². The van der Waals surface area contributed by atoms with Gasteiger partial charge in [0.1, 0.15) is 6.04 Å². The van der Waals surface area contributed by atoms with Gasteiger partial charge in [-0.05, 0) is 34.2 Å². The van der Waals surface area contributed by atoms with E-state index in [1.807, 2.05) is 20.8 Å². The molecule has 1 unspecified atom stereocenters. The smallest absolute Gasteiger partial charge is 0.245 e. The van der Waals surface area contributed by atoms with E-state index in [1.165, 1.54) is 0 Å². The van der Waals surface area contributed by atoms with Crippen molar-refractivity contribution in [1.82, 2.24) is 20.3 Å². The van der Waals surface area contributed by atoms with Gasteiger partial charge in [-0.25, -0.2) is 4.68 Å². The van der Waals surface area contributed by atoms with Crippen LogP contribution in [0.1, 0.15) is 39.4 Å². The molecule has 0 spiro atoms. The number of carbonyl (C=O) groups is 1. The number of nitrogens with two attached hydrogens (primary N) is 1. The molecule has 0 aliphatic rings. The third-order valence-corrected chi connectivity index (χ3v) is 2.23. The first kappa shape index (κ1) is 13.6. The van der Waals surface area contributed by atoms with Gasteiger partial charge in [-0.1, -0.05) is 5.21 Å². The molecule has 0 saturated carbocycles. The molecule has 0 aromatic carbocycles. The van der Waals surface area contributed by atoms with Crippen molar-refractivity contribution in [3.05, 3.63) is 11.9 Å². The van der Waals surface area contributed by atoms with Crippen LogP contribution in [0.5, 0.6) is 0 Å². The van der Waals surface area contributed by atoms with Crippen molar-refractivity contribution in [1.29, 1.82) is 0 Å². The van der Waals surface area contributed by atoms with Gasteiger partial charge in [0, 0.05) is 18.2 Å². The predicted molar refractivity (Wildman–Crippen MR) is 65.4 cm³/mol. The monoisotopic (exact) mass is 239 g/mol. The van der Waals surface area contributed by atoms with Gasteiger partial charge in [-0.2, -0.15) is 0 Å². The van der Waals surface area contributed by atoms with Gasteiger partial charge >= 0.3 is 0 Å². The fraction of sp³-hybridized carbons (Fsp3) is 0.727. The summed E-state index contributed by atoms with van der Waals surface area (Å²) < 4.78 is 1.56. The van der Waals surface area contributed by atoms with Gasteiger partial charge in [0.25, 0.3) is 0 Å². The Labute approximate surface area is 102 Å². The van der Waals surface area contributed by atoms with Gasteiger partial charge < -0.3 is 11.1 Å². The van der Waals surface area contributed by atoms with Crippen LogP contribution in [-0.2, 0) is 11.2 Å². The quantitative estimate of drug-likeness (QED) is 0.789. The number of amides is 1. The molecule has 0 fully saturated rings. The standard InChI is InChI=1S/C11H21N5O/c1-8(10(17)13-11(2,3)4)16-7-9(5-6-12)14-15-16/h7-8H,5-6,12H2,1-4H3,(H,13,17). The lowest BCUT2D eigenvalue weighted by Crippen LogP contribution is -2.43. The second-order valence-corrected chi connectivity index (χ2v) is 5.14. The lowest BCUT2D eigenvalue weighted by molar-refractivity contribution is -0.125. The summed E-state index contributed by atoms with van der Waals surface area (Å²) in [5.74, 6) is -0.0679. The maximum absolute atomic E-state index is 11.9. The summed E-state index contributed by atoms with van der Waals surface area (Å²) in [7, 11) is 0. The molecular weight excluding hydrogens is 218 g/mol. The molecule has 0 aliphatic heterocycles. The molecule has 1 aromatic heterocycles. The van der Waals surface area contributed by atoms with E-state index in [1.54, 1.807) is 17.8 Å². The van der Waals surface area contributed by atoms with E-state index in [-0.39, 0.29) is 17.5 Å². The van der Waals surface area contributed by atoms with Crippen LogP contribution in [0.15, 0.2) is 6.20 Å². The molecule has 1 aromatic rings. The average molecular weight is 239 g/mol. The van der Waals surface area contributed by atoms with E-state index in [4.69, 9.17) is 5.73 Å². The van der Waals surface area contributed by atoms with E-state index in [0.717, 1.165) is 5.69 Å². The van der Waals surface area contributed by atoms with Crippen molar-refractivity contribution in [2.45, 2.75) is 45.7 Å². The zero-order valence-corrected chi connectivity index (χ0v) is 10.9. The molecule has 1 rings (SSSR count). The Morgan fingerprint density at radius 2 is 2.24 bits per heavy atom. The zero-order valence-electron chi connectivity index (χ0n) is 10.9. The number of aromatic nitrogens is 3. The summed E-state index contributed by atoms with van der Waals surface area (Å²) in [4.78, 5) is 11.9. The molecule has 3 N–H and O–H groups in total. The van der Waals surface area contributed by atoms with Crippen LogP contribution >= 0.6 is 0 Å². The van der Waals surface area contributed by atoms with Gasteiger partial charge in [0.05, 0.1) is 5.69 Å². The summed E-state index contributed by atoms with van der Waals surface area (Å²) >= 11 is 0. The fourth-order valence-corrected chi connectivity index (χ4v) is 1.36. The third-order valence-electron chi connectivity index (χ3n) is 2.23. The van der Waals surface area contributed by atoms with Crippen molar-refractivity contribution in [3.8, 4) is 0 Å². The average Bonchev–Trinajstić information content (AvgIpc) is 2.63. The second kappa shape index (κ2) is 5.27. The topological polar surface area (TPSA) is 85.8 Å². The molecule has 1 atom stereocenters. The van der Waals surface area contributed by atoms with Crippen LogP contribution in [0.2, 0.25) is 0 Å². The van der Waals surface area contributed by atoms with Crippen LogP contribution in [-0.4, -0.2) is 33.0 Å². The Kier molecular flexibility index (Phi) is 4.22. The van der Waals surface area contributed by atoms with Crippen LogP contribution in [0.25, 0.3) is 0 Å². The molecule has 6 heteroatoms. The third kappa shape index (κ3) is 4.14. The normalized spacial score (nSPS) is 13.5. The molecule has 0 radical (unpaired) electrons. The Hall–Kier alpha value is -1.43. The van der Waals surface area contributed by atoms with Crippen LogP contribution in [0.4, 0.5) is 0 Å². The maximum Gasteiger partial charge on any atom is 0.245 e. The summed E-state index contributed by atoms with van der Waals surface area (Å²) in [5, 5.41) is 10.8. The largest absolute Gasteiger partial charge is 0.350 e. The van der Waals surface area contributed by atoms with Crippen molar-refractivity contribution >= 4 is 5.91 Å². The van der Waals surface area contributed by atoms with Crippen molar-refractivity contribution < 1.29 is 4.79 Å². The number of hydrogen-bond acceptors (Lipinski definition) is 4. The van der Waals surface area contributed by atoms with Crippen molar-refractivity contribution in [2.75, 3.05) is 6.54 Å². The second-order valence-electron chi connectivity index (χ2n) is 5.14. The van der Waals surface area contributed by atoms with Gasteiger partial charge in [0.15, 0.2) is 0 Å². The van der Waals surface area contributed by atoms with Crippen molar-refractivity contribution in [2.24, 2.45) is 5.73 Å². The minimum atomic E-state index is -0.367. The first-order valence-corrected chi connectivity index (χ1v) is 5.76. The molecule has 0 aliphatic carbocycles. The molecule has 0 bridgehead atoms. The molecule has 1 amide bonds. The number of nitrogens with zero attached hydrogens (tertiary/aromatic N) is 3.